The van der Waals surface area contributed by atoms with Crippen LogP contribution in [0, 0.1) is 5.82 Å². The second kappa shape index (κ2) is 8.07. The minimum absolute atomic E-state index is 0.208. The fourth-order valence-electron chi connectivity index (χ4n) is 1.87. The first-order valence-corrected chi connectivity index (χ1v) is 7.66. The number of ether oxygens (including phenoxy) is 1. The van der Waals surface area contributed by atoms with Gasteiger partial charge in [0.1, 0.15) is 5.82 Å². The average molecular weight is 309 g/mol. The maximum Gasteiger partial charge on any atom is 0.185 e. The van der Waals surface area contributed by atoms with Gasteiger partial charge in [-0.3, -0.25) is 0 Å². The lowest BCUT2D eigenvalue weighted by Gasteiger charge is -2.15. The van der Waals surface area contributed by atoms with Crippen LogP contribution in [0.2, 0.25) is 0 Å². The third-order valence-electron chi connectivity index (χ3n) is 2.99. The van der Waals surface area contributed by atoms with Crippen LogP contribution in [0.25, 0.3) is 0 Å². The Morgan fingerprint density at radius 3 is 2.81 bits per heavy atom. The van der Waals surface area contributed by atoms with Crippen LogP contribution in [0.15, 0.2) is 29.6 Å². The van der Waals surface area contributed by atoms with Crippen molar-refractivity contribution < 1.29 is 9.13 Å². The minimum atomic E-state index is -0.208. The molecule has 4 nitrogen and oxygen atoms in total. The van der Waals surface area contributed by atoms with E-state index in [2.05, 4.69) is 20.6 Å². The Hall–Kier alpha value is -1.50. The second-order valence-corrected chi connectivity index (χ2v) is 5.61. The van der Waals surface area contributed by atoms with E-state index in [-0.39, 0.29) is 5.82 Å². The van der Waals surface area contributed by atoms with Crippen LogP contribution in [-0.2, 0) is 17.8 Å². The molecule has 1 heterocycles. The van der Waals surface area contributed by atoms with E-state index in [1.54, 1.807) is 30.6 Å². The molecule has 1 N–H and O–H groups in total. The number of aromatic nitrogens is 1. The number of hydrogen-bond donors (Lipinski definition) is 1. The Bertz CT molecular complexity index is 544. The summed E-state index contributed by atoms with van der Waals surface area (Å²) in [6.07, 6.45) is 0. The van der Waals surface area contributed by atoms with Crippen LogP contribution in [0.1, 0.15) is 11.3 Å². The van der Waals surface area contributed by atoms with Gasteiger partial charge in [-0.25, -0.2) is 9.37 Å². The highest BCUT2D eigenvalue weighted by Gasteiger charge is 2.07. The molecule has 0 saturated carbocycles. The largest absolute Gasteiger partial charge is 0.383 e. The van der Waals surface area contributed by atoms with Crippen molar-refractivity contribution in [1.82, 2.24) is 10.3 Å². The predicted molar refractivity (Wildman–Crippen MR) is 84.2 cm³/mol. The minimum Gasteiger partial charge on any atom is -0.383 e. The molecule has 0 saturated heterocycles. The number of nitrogens with zero attached hydrogens (tertiary/aromatic N) is 2. The van der Waals surface area contributed by atoms with Gasteiger partial charge < -0.3 is 15.0 Å². The molecule has 0 amide bonds. The van der Waals surface area contributed by atoms with E-state index in [0.29, 0.717) is 13.2 Å². The Balaban J connectivity index is 1.86. The normalized spacial score (nSPS) is 10.8. The average Bonchev–Trinajstić information content (AvgIpc) is 2.95. The summed E-state index contributed by atoms with van der Waals surface area (Å²) in [6.45, 7) is 2.96. The first-order valence-electron chi connectivity index (χ1n) is 6.78. The van der Waals surface area contributed by atoms with E-state index in [9.17, 15) is 4.39 Å². The Labute approximate surface area is 128 Å². The molecule has 1 aromatic carbocycles. The molecule has 2 rings (SSSR count). The highest BCUT2D eigenvalue weighted by atomic mass is 32.1. The van der Waals surface area contributed by atoms with E-state index in [1.807, 2.05) is 7.05 Å². The van der Waals surface area contributed by atoms with Gasteiger partial charge >= 0.3 is 0 Å². The van der Waals surface area contributed by atoms with Gasteiger partial charge in [0.15, 0.2) is 5.13 Å². The lowest BCUT2D eigenvalue weighted by Crippen LogP contribution is -2.19. The predicted octanol–water partition coefficient (Wildman–Crippen LogP) is 2.65. The molecule has 0 atom stereocenters. The van der Waals surface area contributed by atoms with Crippen LogP contribution in [0.3, 0.4) is 0 Å². The summed E-state index contributed by atoms with van der Waals surface area (Å²) in [7, 11) is 3.68. The zero-order valence-corrected chi connectivity index (χ0v) is 13.1. The Morgan fingerprint density at radius 2 is 2.10 bits per heavy atom. The van der Waals surface area contributed by atoms with Crippen molar-refractivity contribution >= 4 is 16.5 Å². The molecule has 0 radical (unpaired) electrons. The van der Waals surface area contributed by atoms with Gasteiger partial charge in [-0.15, -0.1) is 11.3 Å². The van der Waals surface area contributed by atoms with E-state index in [0.717, 1.165) is 29.5 Å². The van der Waals surface area contributed by atoms with Gasteiger partial charge in [0, 0.05) is 39.2 Å². The molecule has 21 heavy (non-hydrogen) atoms. The van der Waals surface area contributed by atoms with E-state index >= 15 is 0 Å². The van der Waals surface area contributed by atoms with Crippen molar-refractivity contribution in [3.8, 4) is 0 Å². The number of methoxy groups -OCH3 is 1. The fraction of sp³-hybridized carbons (Fsp3) is 0.400. The molecular weight excluding hydrogens is 289 g/mol. The van der Waals surface area contributed by atoms with Gasteiger partial charge in [0.05, 0.1) is 12.3 Å². The van der Waals surface area contributed by atoms with Crippen molar-refractivity contribution in [1.29, 1.82) is 0 Å². The first kappa shape index (κ1) is 15.9. The van der Waals surface area contributed by atoms with Gasteiger partial charge in [0.2, 0.25) is 0 Å². The van der Waals surface area contributed by atoms with Crippen LogP contribution in [0.5, 0.6) is 0 Å². The maximum atomic E-state index is 12.9. The topological polar surface area (TPSA) is 37.4 Å². The molecule has 1 aromatic heterocycles. The monoisotopic (exact) mass is 309 g/mol. The first-order chi connectivity index (χ1) is 10.2. The molecule has 0 aliphatic heterocycles. The van der Waals surface area contributed by atoms with Crippen molar-refractivity contribution in [3.63, 3.8) is 0 Å². The van der Waals surface area contributed by atoms with Crippen LogP contribution >= 0.6 is 11.3 Å². The third-order valence-corrected chi connectivity index (χ3v) is 3.99. The number of hydrogen-bond acceptors (Lipinski definition) is 5. The number of benzene rings is 1. The van der Waals surface area contributed by atoms with Crippen molar-refractivity contribution in [2.75, 3.05) is 32.2 Å². The summed E-state index contributed by atoms with van der Waals surface area (Å²) in [5.74, 6) is -0.208. The summed E-state index contributed by atoms with van der Waals surface area (Å²) in [4.78, 5) is 6.65. The molecule has 0 fully saturated rings. The van der Waals surface area contributed by atoms with Crippen molar-refractivity contribution in [3.05, 3.63) is 46.7 Å². The number of nitrogens with one attached hydrogen (secondary N) is 1. The quantitative estimate of drug-likeness (QED) is 0.761. The van der Waals surface area contributed by atoms with Gasteiger partial charge in [-0.1, -0.05) is 12.1 Å². The summed E-state index contributed by atoms with van der Waals surface area (Å²) in [6, 6.07) is 6.56. The number of anilines is 1. The van der Waals surface area contributed by atoms with Crippen molar-refractivity contribution in [2.45, 2.75) is 13.1 Å². The summed E-state index contributed by atoms with van der Waals surface area (Å²) < 4.78 is 17.9. The molecule has 0 aliphatic carbocycles. The Morgan fingerprint density at radius 1 is 1.33 bits per heavy atom. The molecule has 0 bridgehead atoms. The summed E-state index contributed by atoms with van der Waals surface area (Å²) >= 11 is 1.61. The lowest BCUT2D eigenvalue weighted by molar-refractivity contribution is 0.199. The molecule has 0 unspecified atom stereocenters. The molecular formula is C15H20FN3OS. The molecule has 6 heteroatoms. The van der Waals surface area contributed by atoms with Crippen LogP contribution in [0.4, 0.5) is 9.52 Å². The van der Waals surface area contributed by atoms with Gasteiger partial charge in [-0.2, -0.15) is 0 Å². The molecule has 2 aromatic rings. The zero-order chi connectivity index (χ0) is 15.1. The van der Waals surface area contributed by atoms with Gasteiger partial charge in [-0.05, 0) is 17.7 Å². The molecule has 0 spiro atoms. The molecule has 114 valence electrons. The number of thiazole rings is 1. The van der Waals surface area contributed by atoms with Crippen molar-refractivity contribution in [2.24, 2.45) is 0 Å². The van der Waals surface area contributed by atoms with E-state index < -0.39 is 0 Å². The van der Waals surface area contributed by atoms with Crippen LogP contribution < -0.4 is 10.2 Å². The third kappa shape index (κ3) is 5.08. The second-order valence-electron chi connectivity index (χ2n) is 4.77. The smallest absolute Gasteiger partial charge is 0.185 e. The maximum absolute atomic E-state index is 12.9. The highest BCUT2D eigenvalue weighted by Crippen LogP contribution is 2.21. The standard InChI is InChI=1S/C15H20FN3OS/c1-19(10-12-3-5-13(16)6-4-12)15-18-14(11-21-15)9-17-7-8-20-2/h3-6,11,17H,7-10H2,1-2H3. The highest BCUT2D eigenvalue weighted by molar-refractivity contribution is 7.13. The fourth-order valence-corrected chi connectivity index (χ4v) is 2.67. The summed E-state index contributed by atoms with van der Waals surface area (Å²) in [5.41, 5.74) is 2.09. The number of rotatable bonds is 8. The zero-order valence-electron chi connectivity index (χ0n) is 12.3. The lowest BCUT2D eigenvalue weighted by atomic mass is 10.2. The Kier molecular flexibility index (Phi) is 6.10. The van der Waals surface area contributed by atoms with E-state index in [1.165, 1.54) is 12.1 Å². The van der Waals surface area contributed by atoms with Gasteiger partial charge in [0.25, 0.3) is 0 Å². The van der Waals surface area contributed by atoms with E-state index in [4.69, 9.17) is 4.74 Å². The number of halogens is 1. The molecule has 0 aliphatic rings. The SMILES string of the molecule is COCCNCc1csc(N(C)Cc2ccc(F)cc2)n1. The summed E-state index contributed by atoms with van der Waals surface area (Å²) in [5, 5.41) is 6.28. The van der Waals surface area contributed by atoms with Crippen LogP contribution in [-0.4, -0.2) is 32.3 Å².